The Labute approximate surface area is 150 Å². The highest BCUT2D eigenvalue weighted by molar-refractivity contribution is 6.30. The number of para-hydroxylation sites is 1. The minimum absolute atomic E-state index is 0.828. The molecule has 0 atom stereocenters. The van der Waals surface area contributed by atoms with E-state index in [1.165, 1.54) is 67.8 Å². The molecule has 24 heavy (non-hydrogen) atoms. The van der Waals surface area contributed by atoms with Crippen LogP contribution in [0.2, 0.25) is 5.02 Å². The van der Waals surface area contributed by atoms with Gasteiger partial charge in [-0.3, -0.25) is 0 Å². The van der Waals surface area contributed by atoms with E-state index in [-0.39, 0.29) is 0 Å². The van der Waals surface area contributed by atoms with Crippen LogP contribution in [0.1, 0.15) is 36.8 Å². The monoisotopic (exact) mass is 340 g/mol. The number of halogens is 1. The van der Waals surface area contributed by atoms with Gasteiger partial charge in [0.15, 0.2) is 0 Å². The molecule has 2 aliphatic rings. The van der Waals surface area contributed by atoms with Crippen molar-refractivity contribution in [3.8, 4) is 0 Å². The average molecular weight is 341 g/mol. The van der Waals surface area contributed by atoms with E-state index in [4.69, 9.17) is 11.6 Å². The summed E-state index contributed by atoms with van der Waals surface area (Å²) in [5.41, 5.74) is 5.45. The first kappa shape index (κ1) is 16.0. The predicted octanol–water partition coefficient (Wildman–Crippen LogP) is 5.26. The van der Waals surface area contributed by atoms with Gasteiger partial charge in [-0.1, -0.05) is 42.3 Å². The second-order valence-corrected chi connectivity index (χ2v) is 7.42. The Morgan fingerprint density at radius 1 is 0.833 bits per heavy atom. The lowest BCUT2D eigenvalue weighted by atomic mass is 9.95. The van der Waals surface area contributed by atoms with Gasteiger partial charge >= 0.3 is 0 Å². The molecule has 0 radical (unpaired) electrons. The molecule has 3 heteroatoms. The fourth-order valence-corrected chi connectivity index (χ4v) is 4.24. The lowest BCUT2D eigenvalue weighted by Crippen LogP contribution is -2.33. The van der Waals surface area contributed by atoms with E-state index < -0.39 is 0 Å². The van der Waals surface area contributed by atoms with Crippen LogP contribution >= 0.6 is 11.6 Å². The lowest BCUT2D eigenvalue weighted by molar-refractivity contribution is 0.227. The summed E-state index contributed by atoms with van der Waals surface area (Å²) in [4.78, 5) is 5.10. The third-order valence-corrected chi connectivity index (χ3v) is 5.54. The summed E-state index contributed by atoms with van der Waals surface area (Å²) in [6, 6.07) is 15.1. The Hall–Kier alpha value is -1.51. The molecule has 0 amide bonds. The third kappa shape index (κ3) is 3.31. The second kappa shape index (κ2) is 7.16. The number of likely N-dealkylation sites (tertiary alicyclic amines) is 1. The van der Waals surface area contributed by atoms with Gasteiger partial charge in [-0.05, 0) is 68.2 Å². The van der Waals surface area contributed by atoms with Crippen LogP contribution in [0.4, 0.5) is 11.4 Å². The van der Waals surface area contributed by atoms with Gasteiger partial charge in [0.25, 0.3) is 0 Å². The molecule has 2 aliphatic heterocycles. The molecule has 2 nitrogen and oxygen atoms in total. The number of nitrogens with zero attached hydrogens (tertiary/aromatic N) is 2. The summed E-state index contributed by atoms with van der Waals surface area (Å²) >= 11 is 6.29. The molecule has 1 saturated heterocycles. The molecule has 0 aliphatic carbocycles. The molecule has 0 bridgehead atoms. The highest BCUT2D eigenvalue weighted by atomic mass is 35.5. The van der Waals surface area contributed by atoms with Crippen molar-refractivity contribution in [3.05, 3.63) is 58.6 Å². The Morgan fingerprint density at radius 3 is 2.50 bits per heavy atom. The van der Waals surface area contributed by atoms with Crippen LogP contribution in [0.15, 0.2) is 42.5 Å². The van der Waals surface area contributed by atoms with Gasteiger partial charge in [-0.15, -0.1) is 0 Å². The summed E-state index contributed by atoms with van der Waals surface area (Å²) in [7, 11) is 0. The fourth-order valence-electron chi connectivity index (χ4n) is 4.07. The van der Waals surface area contributed by atoms with Crippen LogP contribution in [0.3, 0.4) is 0 Å². The smallest absolute Gasteiger partial charge is 0.0461 e. The molecule has 1 fully saturated rings. The Morgan fingerprint density at radius 2 is 1.62 bits per heavy atom. The van der Waals surface area contributed by atoms with Gasteiger partial charge in [-0.2, -0.15) is 0 Å². The van der Waals surface area contributed by atoms with Crippen molar-refractivity contribution in [1.29, 1.82) is 0 Å². The molecule has 2 heterocycles. The standard InChI is InChI=1S/C21H25ClN2/c22-19-10-9-18-15-17-7-2-3-8-20(17)24(21(18)16-19)14-6-13-23-11-4-1-5-12-23/h2-3,7-10,16H,1,4-6,11-15H2. The first-order valence-electron chi connectivity index (χ1n) is 9.17. The van der Waals surface area contributed by atoms with E-state index in [2.05, 4.69) is 46.2 Å². The summed E-state index contributed by atoms with van der Waals surface area (Å²) < 4.78 is 0. The maximum atomic E-state index is 6.29. The van der Waals surface area contributed by atoms with Crippen molar-refractivity contribution in [2.24, 2.45) is 0 Å². The normalized spacial score (nSPS) is 17.5. The highest BCUT2D eigenvalue weighted by Gasteiger charge is 2.22. The maximum absolute atomic E-state index is 6.29. The topological polar surface area (TPSA) is 6.48 Å². The summed E-state index contributed by atoms with van der Waals surface area (Å²) in [6.07, 6.45) is 6.34. The maximum Gasteiger partial charge on any atom is 0.0461 e. The zero-order valence-electron chi connectivity index (χ0n) is 14.2. The van der Waals surface area contributed by atoms with Gasteiger partial charge in [-0.25, -0.2) is 0 Å². The molecule has 0 N–H and O–H groups in total. The van der Waals surface area contributed by atoms with Crippen LogP contribution < -0.4 is 4.90 Å². The van der Waals surface area contributed by atoms with Gasteiger partial charge in [0.1, 0.15) is 0 Å². The fraction of sp³-hybridized carbons (Fsp3) is 0.429. The molecule has 0 unspecified atom stereocenters. The van der Waals surface area contributed by atoms with Crippen molar-refractivity contribution in [2.45, 2.75) is 32.1 Å². The number of hydrogen-bond donors (Lipinski definition) is 0. The molecule has 0 aromatic heterocycles. The first-order chi connectivity index (χ1) is 11.8. The zero-order chi connectivity index (χ0) is 16.4. The number of fused-ring (bicyclic) bond motifs is 2. The molecular weight excluding hydrogens is 316 g/mol. The summed E-state index contributed by atoms with van der Waals surface area (Å²) in [6.45, 7) is 4.81. The van der Waals surface area contributed by atoms with Crippen molar-refractivity contribution in [2.75, 3.05) is 31.1 Å². The van der Waals surface area contributed by atoms with E-state index in [0.717, 1.165) is 18.0 Å². The molecule has 2 aromatic carbocycles. The minimum Gasteiger partial charge on any atom is -0.341 e. The number of benzene rings is 2. The molecule has 2 aromatic rings. The van der Waals surface area contributed by atoms with Crippen molar-refractivity contribution in [3.63, 3.8) is 0 Å². The van der Waals surface area contributed by atoms with Gasteiger partial charge < -0.3 is 9.80 Å². The number of anilines is 2. The van der Waals surface area contributed by atoms with Crippen molar-refractivity contribution in [1.82, 2.24) is 4.90 Å². The second-order valence-electron chi connectivity index (χ2n) is 6.99. The van der Waals surface area contributed by atoms with Gasteiger partial charge in [0.05, 0.1) is 0 Å². The van der Waals surface area contributed by atoms with Crippen LogP contribution in [0, 0.1) is 0 Å². The summed E-state index contributed by atoms with van der Waals surface area (Å²) in [5, 5.41) is 0.828. The Kier molecular flexibility index (Phi) is 4.77. The predicted molar refractivity (Wildman–Crippen MR) is 103 cm³/mol. The van der Waals surface area contributed by atoms with E-state index in [9.17, 15) is 0 Å². The van der Waals surface area contributed by atoms with E-state index in [0.29, 0.717) is 0 Å². The number of piperidine rings is 1. The molecular formula is C21H25ClN2. The Balaban J connectivity index is 1.53. The van der Waals surface area contributed by atoms with E-state index in [1.54, 1.807) is 0 Å². The largest absolute Gasteiger partial charge is 0.341 e. The molecule has 0 spiro atoms. The third-order valence-electron chi connectivity index (χ3n) is 5.31. The van der Waals surface area contributed by atoms with Gasteiger partial charge in [0.2, 0.25) is 0 Å². The van der Waals surface area contributed by atoms with Crippen LogP contribution in [-0.4, -0.2) is 31.1 Å². The first-order valence-corrected chi connectivity index (χ1v) is 9.55. The quantitative estimate of drug-likeness (QED) is 0.749. The number of rotatable bonds is 4. The molecule has 0 saturated carbocycles. The number of hydrogen-bond acceptors (Lipinski definition) is 2. The van der Waals surface area contributed by atoms with E-state index >= 15 is 0 Å². The van der Waals surface area contributed by atoms with Crippen LogP contribution in [-0.2, 0) is 6.42 Å². The van der Waals surface area contributed by atoms with Crippen LogP contribution in [0.5, 0.6) is 0 Å². The lowest BCUT2D eigenvalue weighted by Gasteiger charge is -2.34. The zero-order valence-corrected chi connectivity index (χ0v) is 14.9. The SMILES string of the molecule is Clc1ccc2c(c1)N(CCCN1CCCCC1)c1ccccc1C2. The Bertz CT molecular complexity index is 707. The van der Waals surface area contributed by atoms with Crippen LogP contribution in [0.25, 0.3) is 0 Å². The van der Waals surface area contributed by atoms with Crippen molar-refractivity contribution < 1.29 is 0 Å². The molecule has 4 rings (SSSR count). The minimum atomic E-state index is 0.828. The average Bonchev–Trinajstić information content (AvgIpc) is 2.62. The molecule has 126 valence electrons. The highest BCUT2D eigenvalue weighted by Crippen LogP contribution is 2.39. The summed E-state index contributed by atoms with van der Waals surface area (Å²) in [5.74, 6) is 0. The van der Waals surface area contributed by atoms with Crippen molar-refractivity contribution >= 4 is 23.0 Å². The van der Waals surface area contributed by atoms with E-state index in [1.807, 2.05) is 6.07 Å². The van der Waals surface area contributed by atoms with Gasteiger partial charge in [0, 0.05) is 29.4 Å².